The van der Waals surface area contributed by atoms with Gasteiger partial charge in [-0.25, -0.2) is 0 Å². The molecule has 1 aromatic rings. The van der Waals surface area contributed by atoms with Crippen LogP contribution in [-0.2, 0) is 6.42 Å². The lowest BCUT2D eigenvalue weighted by molar-refractivity contribution is 0.151. The van der Waals surface area contributed by atoms with Crippen molar-refractivity contribution in [3.63, 3.8) is 0 Å². The van der Waals surface area contributed by atoms with E-state index in [2.05, 4.69) is 24.6 Å². The molecular formula is C15H21NO. The number of pyridine rings is 1. The smallest absolute Gasteiger partial charge is 0.0580 e. The summed E-state index contributed by atoms with van der Waals surface area (Å²) in [6.45, 7) is 5.95. The first kappa shape index (κ1) is 12.3. The molecule has 0 saturated carbocycles. The molecule has 92 valence electrons. The molecule has 2 rings (SSSR count). The maximum Gasteiger partial charge on any atom is 0.0580 e. The predicted octanol–water partition coefficient (Wildman–Crippen LogP) is 3.07. The molecule has 17 heavy (non-hydrogen) atoms. The van der Waals surface area contributed by atoms with Crippen LogP contribution in [0.1, 0.15) is 43.4 Å². The zero-order chi connectivity index (χ0) is 12.3. The SMILES string of the molecule is C=CC[C@@H](O)C[C@H]1C[C@@H](C)Cc2ncccc21. The topological polar surface area (TPSA) is 33.1 Å². The summed E-state index contributed by atoms with van der Waals surface area (Å²) in [5.41, 5.74) is 2.57. The van der Waals surface area contributed by atoms with Crippen LogP contribution >= 0.6 is 0 Å². The van der Waals surface area contributed by atoms with E-state index in [1.165, 1.54) is 11.3 Å². The lowest BCUT2D eigenvalue weighted by Gasteiger charge is -2.30. The Kier molecular flexibility index (Phi) is 3.95. The van der Waals surface area contributed by atoms with Gasteiger partial charge in [-0.15, -0.1) is 6.58 Å². The Labute approximate surface area is 103 Å². The first-order valence-corrected chi connectivity index (χ1v) is 6.43. The van der Waals surface area contributed by atoms with Crippen molar-refractivity contribution in [2.45, 2.75) is 44.6 Å². The third kappa shape index (κ3) is 2.95. The normalized spacial score (nSPS) is 25.1. The Morgan fingerprint density at radius 2 is 2.47 bits per heavy atom. The second-order valence-electron chi connectivity index (χ2n) is 5.20. The van der Waals surface area contributed by atoms with Gasteiger partial charge in [-0.1, -0.05) is 19.1 Å². The van der Waals surface area contributed by atoms with E-state index in [1.54, 1.807) is 6.08 Å². The molecule has 1 aliphatic rings. The molecule has 0 spiro atoms. The molecule has 0 saturated heterocycles. The van der Waals surface area contributed by atoms with Gasteiger partial charge in [0.05, 0.1) is 6.10 Å². The van der Waals surface area contributed by atoms with Crippen molar-refractivity contribution >= 4 is 0 Å². The number of hydrogen-bond donors (Lipinski definition) is 1. The van der Waals surface area contributed by atoms with Crippen molar-refractivity contribution in [3.05, 3.63) is 42.2 Å². The van der Waals surface area contributed by atoms with Gasteiger partial charge < -0.3 is 5.11 Å². The van der Waals surface area contributed by atoms with Crippen molar-refractivity contribution in [1.29, 1.82) is 0 Å². The van der Waals surface area contributed by atoms with Gasteiger partial charge in [-0.3, -0.25) is 4.98 Å². The molecule has 0 aromatic carbocycles. The van der Waals surface area contributed by atoms with Crippen molar-refractivity contribution < 1.29 is 5.11 Å². The maximum atomic E-state index is 9.92. The number of fused-ring (bicyclic) bond motifs is 1. The quantitative estimate of drug-likeness (QED) is 0.808. The Morgan fingerprint density at radius 3 is 3.24 bits per heavy atom. The van der Waals surface area contributed by atoms with E-state index in [9.17, 15) is 5.11 Å². The molecule has 1 aliphatic carbocycles. The molecular weight excluding hydrogens is 210 g/mol. The van der Waals surface area contributed by atoms with Crippen molar-refractivity contribution in [1.82, 2.24) is 4.98 Å². The van der Waals surface area contributed by atoms with Crippen molar-refractivity contribution in [2.75, 3.05) is 0 Å². The fourth-order valence-corrected chi connectivity index (χ4v) is 2.86. The Morgan fingerprint density at radius 1 is 1.65 bits per heavy atom. The summed E-state index contributed by atoms with van der Waals surface area (Å²) < 4.78 is 0. The van der Waals surface area contributed by atoms with Gasteiger partial charge in [-0.05, 0) is 49.1 Å². The summed E-state index contributed by atoms with van der Waals surface area (Å²) in [4.78, 5) is 4.47. The number of hydrogen-bond acceptors (Lipinski definition) is 2. The van der Waals surface area contributed by atoms with Gasteiger partial charge >= 0.3 is 0 Å². The van der Waals surface area contributed by atoms with Gasteiger partial charge in [0.25, 0.3) is 0 Å². The molecule has 0 radical (unpaired) electrons. The third-order valence-corrected chi connectivity index (χ3v) is 3.59. The van der Waals surface area contributed by atoms with Crippen molar-refractivity contribution in [2.24, 2.45) is 5.92 Å². The largest absolute Gasteiger partial charge is 0.393 e. The highest BCUT2D eigenvalue weighted by Gasteiger charge is 2.26. The molecule has 0 aliphatic heterocycles. The molecule has 1 aromatic heterocycles. The molecule has 0 fully saturated rings. The lowest BCUT2D eigenvalue weighted by atomic mass is 9.77. The standard InChI is InChI=1S/C15H21NO/c1-3-5-13(17)10-12-8-11(2)9-15-14(12)6-4-7-16-15/h3-4,6-7,11-13,17H,1,5,8-10H2,2H3/t11-,12-,13-/m1/s1. The fraction of sp³-hybridized carbons (Fsp3) is 0.533. The Bertz CT molecular complexity index is 388. The maximum absolute atomic E-state index is 9.92. The zero-order valence-corrected chi connectivity index (χ0v) is 10.5. The highest BCUT2D eigenvalue weighted by atomic mass is 16.3. The summed E-state index contributed by atoms with van der Waals surface area (Å²) in [6.07, 6.45) is 7.14. The van der Waals surface area contributed by atoms with Gasteiger partial charge in [0.15, 0.2) is 0 Å². The van der Waals surface area contributed by atoms with Crippen LogP contribution in [0.5, 0.6) is 0 Å². The minimum Gasteiger partial charge on any atom is -0.393 e. The summed E-state index contributed by atoms with van der Waals surface area (Å²) in [5.74, 6) is 1.12. The average molecular weight is 231 g/mol. The minimum atomic E-state index is -0.268. The van der Waals surface area contributed by atoms with E-state index in [4.69, 9.17) is 0 Å². The first-order chi connectivity index (χ1) is 8.20. The number of aliphatic hydroxyl groups is 1. The molecule has 3 atom stereocenters. The highest BCUT2D eigenvalue weighted by Crippen LogP contribution is 2.36. The van der Waals surface area contributed by atoms with Crippen LogP contribution in [0.15, 0.2) is 31.0 Å². The van der Waals surface area contributed by atoms with Gasteiger partial charge in [0, 0.05) is 11.9 Å². The van der Waals surface area contributed by atoms with E-state index < -0.39 is 0 Å². The Hall–Kier alpha value is -1.15. The summed E-state index contributed by atoms with van der Waals surface area (Å²) in [7, 11) is 0. The number of rotatable bonds is 4. The highest BCUT2D eigenvalue weighted by molar-refractivity contribution is 5.27. The zero-order valence-electron chi connectivity index (χ0n) is 10.5. The lowest BCUT2D eigenvalue weighted by Crippen LogP contribution is -2.21. The van der Waals surface area contributed by atoms with Crippen LogP contribution < -0.4 is 0 Å². The fourth-order valence-electron chi connectivity index (χ4n) is 2.86. The summed E-state index contributed by atoms with van der Waals surface area (Å²) in [5, 5.41) is 9.92. The van der Waals surface area contributed by atoms with E-state index in [0.717, 1.165) is 19.3 Å². The van der Waals surface area contributed by atoms with E-state index >= 15 is 0 Å². The molecule has 1 heterocycles. The molecule has 2 heteroatoms. The van der Waals surface area contributed by atoms with Crippen molar-refractivity contribution in [3.8, 4) is 0 Å². The molecule has 0 unspecified atom stereocenters. The van der Waals surface area contributed by atoms with E-state index in [1.807, 2.05) is 12.3 Å². The minimum absolute atomic E-state index is 0.268. The van der Waals surface area contributed by atoms with Gasteiger partial charge in [0.1, 0.15) is 0 Å². The molecule has 1 N–H and O–H groups in total. The number of nitrogens with zero attached hydrogens (tertiary/aromatic N) is 1. The third-order valence-electron chi connectivity index (χ3n) is 3.59. The first-order valence-electron chi connectivity index (χ1n) is 6.43. The number of aromatic nitrogens is 1. The van der Waals surface area contributed by atoms with Crippen LogP contribution in [-0.4, -0.2) is 16.2 Å². The van der Waals surface area contributed by atoms with Gasteiger partial charge in [0.2, 0.25) is 0 Å². The molecule has 0 bridgehead atoms. The van der Waals surface area contributed by atoms with Crippen LogP contribution in [0, 0.1) is 5.92 Å². The predicted molar refractivity (Wildman–Crippen MR) is 69.9 cm³/mol. The van der Waals surface area contributed by atoms with E-state index in [-0.39, 0.29) is 6.10 Å². The van der Waals surface area contributed by atoms with Crippen LogP contribution in [0.25, 0.3) is 0 Å². The molecule has 0 amide bonds. The van der Waals surface area contributed by atoms with Gasteiger partial charge in [-0.2, -0.15) is 0 Å². The second-order valence-corrected chi connectivity index (χ2v) is 5.20. The Balaban J connectivity index is 2.15. The summed E-state index contributed by atoms with van der Waals surface area (Å²) in [6, 6.07) is 4.17. The van der Waals surface area contributed by atoms with Crippen LogP contribution in [0.4, 0.5) is 0 Å². The molecule has 2 nitrogen and oxygen atoms in total. The summed E-state index contributed by atoms with van der Waals surface area (Å²) >= 11 is 0. The number of aliphatic hydroxyl groups excluding tert-OH is 1. The van der Waals surface area contributed by atoms with E-state index in [0.29, 0.717) is 18.3 Å². The van der Waals surface area contributed by atoms with Crippen LogP contribution in [0.2, 0.25) is 0 Å². The average Bonchev–Trinajstić information content (AvgIpc) is 2.29. The monoisotopic (exact) mass is 231 g/mol. The second kappa shape index (κ2) is 5.46. The van der Waals surface area contributed by atoms with Crippen LogP contribution in [0.3, 0.4) is 0 Å².